The molecule has 5 heteroatoms. The minimum Gasteiger partial charge on any atom is -0.345 e. The highest BCUT2D eigenvalue weighted by Crippen LogP contribution is 2.40. The third-order valence-electron chi connectivity index (χ3n) is 4.20. The monoisotopic (exact) mass is 255 g/mol. The van der Waals surface area contributed by atoms with Gasteiger partial charge in [-0.3, -0.25) is 0 Å². The smallest absolute Gasteiger partial charge is 0.248 e. The molecule has 0 bridgehead atoms. The first-order valence-electron chi connectivity index (χ1n) is 6.74. The molecule has 100 valence electrons. The van der Waals surface area contributed by atoms with Crippen LogP contribution in [0.5, 0.6) is 0 Å². The van der Waals surface area contributed by atoms with Crippen LogP contribution in [-0.2, 0) is 12.8 Å². The van der Waals surface area contributed by atoms with Gasteiger partial charge in [0.25, 0.3) is 0 Å². The van der Waals surface area contributed by atoms with E-state index in [1.165, 1.54) is 0 Å². The molecule has 1 fully saturated rings. The Hall–Kier alpha value is -0.970. The maximum absolute atomic E-state index is 13.1. The number of H-pyrrole nitrogens is 1. The summed E-state index contributed by atoms with van der Waals surface area (Å²) >= 11 is 0. The summed E-state index contributed by atoms with van der Waals surface area (Å²) in [6.45, 7) is 0. The third kappa shape index (κ3) is 2.28. The van der Waals surface area contributed by atoms with E-state index >= 15 is 0 Å². The molecule has 2 aliphatic carbocycles. The summed E-state index contributed by atoms with van der Waals surface area (Å²) in [7, 11) is 0. The number of aryl methyl sites for hydroxylation is 1. The molecule has 3 nitrogen and oxygen atoms in total. The van der Waals surface area contributed by atoms with E-state index < -0.39 is 5.92 Å². The molecule has 1 saturated carbocycles. The minimum absolute atomic E-state index is 0.0114. The number of aromatic amines is 1. The summed E-state index contributed by atoms with van der Waals surface area (Å²) in [5.74, 6) is -1.39. The maximum atomic E-state index is 13.1. The number of rotatable bonds is 1. The lowest BCUT2D eigenvalue weighted by molar-refractivity contribution is -0.0387. The van der Waals surface area contributed by atoms with Crippen LogP contribution in [0, 0.1) is 0 Å². The molecule has 0 aliphatic heterocycles. The Kier molecular flexibility index (Phi) is 2.88. The van der Waals surface area contributed by atoms with E-state index in [-0.39, 0.29) is 24.8 Å². The fourth-order valence-electron chi connectivity index (χ4n) is 3.04. The van der Waals surface area contributed by atoms with Gasteiger partial charge < -0.3 is 10.7 Å². The molecular weight excluding hydrogens is 236 g/mol. The number of imidazole rings is 1. The van der Waals surface area contributed by atoms with Crippen LogP contribution in [-0.4, -0.2) is 21.9 Å². The van der Waals surface area contributed by atoms with Crippen molar-refractivity contribution < 1.29 is 8.78 Å². The molecule has 18 heavy (non-hydrogen) atoms. The molecule has 2 aliphatic rings. The van der Waals surface area contributed by atoms with Crippen LogP contribution < -0.4 is 5.73 Å². The standard InChI is InChI=1S/C13H19F2N3/c14-13(15)5-3-8(4-6-13)12-17-10-2-1-9(16)7-11(10)18-12/h8-9H,1-7,16H2,(H,17,18)/t9-/m0/s1. The normalized spacial score (nSPS) is 28.1. The number of alkyl halides is 2. The maximum Gasteiger partial charge on any atom is 0.248 e. The lowest BCUT2D eigenvalue weighted by atomic mass is 9.86. The Labute approximate surface area is 105 Å². The van der Waals surface area contributed by atoms with Gasteiger partial charge in [0.2, 0.25) is 5.92 Å². The summed E-state index contributed by atoms with van der Waals surface area (Å²) in [5.41, 5.74) is 8.15. The van der Waals surface area contributed by atoms with Crippen LogP contribution in [0.2, 0.25) is 0 Å². The molecule has 3 N–H and O–H groups in total. The van der Waals surface area contributed by atoms with E-state index in [1.807, 2.05) is 0 Å². The van der Waals surface area contributed by atoms with Crippen molar-refractivity contribution in [3.05, 3.63) is 17.2 Å². The molecule has 1 aromatic rings. The largest absolute Gasteiger partial charge is 0.345 e. The Morgan fingerprint density at radius 2 is 1.94 bits per heavy atom. The van der Waals surface area contributed by atoms with Crippen molar-refractivity contribution >= 4 is 0 Å². The van der Waals surface area contributed by atoms with Gasteiger partial charge in [-0.05, 0) is 25.7 Å². The summed E-state index contributed by atoms with van der Waals surface area (Å²) < 4.78 is 26.2. The van der Waals surface area contributed by atoms with Gasteiger partial charge in [0, 0.05) is 36.9 Å². The van der Waals surface area contributed by atoms with Crippen LogP contribution in [0.4, 0.5) is 8.78 Å². The van der Waals surface area contributed by atoms with E-state index in [2.05, 4.69) is 9.97 Å². The van der Waals surface area contributed by atoms with Gasteiger partial charge >= 0.3 is 0 Å². The van der Waals surface area contributed by atoms with Crippen molar-refractivity contribution in [2.75, 3.05) is 0 Å². The molecule has 0 unspecified atom stereocenters. The molecule has 1 aromatic heterocycles. The molecule has 1 heterocycles. The van der Waals surface area contributed by atoms with Gasteiger partial charge in [-0.25, -0.2) is 13.8 Å². The SMILES string of the molecule is N[C@H]1CCc2nc(C3CCC(F)(F)CC3)[nH]c2C1. The summed E-state index contributed by atoms with van der Waals surface area (Å²) in [5, 5.41) is 0. The Bertz CT molecular complexity index is 431. The van der Waals surface area contributed by atoms with E-state index in [9.17, 15) is 8.78 Å². The molecule has 0 amide bonds. The first-order valence-corrected chi connectivity index (χ1v) is 6.74. The van der Waals surface area contributed by atoms with Crippen LogP contribution in [0.15, 0.2) is 0 Å². The van der Waals surface area contributed by atoms with Gasteiger partial charge in [0.15, 0.2) is 0 Å². The molecule has 0 radical (unpaired) electrons. The predicted molar refractivity (Wildman–Crippen MR) is 64.7 cm³/mol. The highest BCUT2D eigenvalue weighted by atomic mass is 19.3. The van der Waals surface area contributed by atoms with Gasteiger partial charge in [-0.15, -0.1) is 0 Å². The topological polar surface area (TPSA) is 54.7 Å². The van der Waals surface area contributed by atoms with Crippen molar-refractivity contribution in [2.24, 2.45) is 5.73 Å². The van der Waals surface area contributed by atoms with Crippen molar-refractivity contribution in [2.45, 2.75) is 62.8 Å². The van der Waals surface area contributed by atoms with Crippen molar-refractivity contribution in [3.8, 4) is 0 Å². The summed E-state index contributed by atoms with van der Waals surface area (Å²) in [6.07, 6.45) is 3.77. The molecule has 0 saturated heterocycles. The van der Waals surface area contributed by atoms with Crippen molar-refractivity contribution in [3.63, 3.8) is 0 Å². The molecular formula is C13H19F2N3. The van der Waals surface area contributed by atoms with Gasteiger partial charge in [-0.2, -0.15) is 0 Å². The van der Waals surface area contributed by atoms with Crippen LogP contribution in [0.1, 0.15) is 55.2 Å². The highest BCUT2D eigenvalue weighted by Gasteiger charge is 2.36. The minimum atomic E-state index is -2.47. The average Bonchev–Trinajstić information content (AvgIpc) is 2.71. The molecule has 3 rings (SSSR count). The lowest BCUT2D eigenvalue weighted by Crippen LogP contribution is -2.27. The van der Waals surface area contributed by atoms with E-state index in [0.29, 0.717) is 12.8 Å². The number of nitrogens with one attached hydrogen (secondary N) is 1. The predicted octanol–water partition coefficient (Wildman–Crippen LogP) is 2.52. The number of nitrogens with zero attached hydrogens (tertiary/aromatic N) is 1. The molecule has 0 spiro atoms. The van der Waals surface area contributed by atoms with E-state index in [0.717, 1.165) is 36.5 Å². The second-order valence-corrected chi connectivity index (χ2v) is 5.68. The van der Waals surface area contributed by atoms with Gasteiger partial charge in [0.1, 0.15) is 5.82 Å². The fraction of sp³-hybridized carbons (Fsp3) is 0.769. The van der Waals surface area contributed by atoms with Gasteiger partial charge in [0.05, 0.1) is 5.69 Å². The number of nitrogens with two attached hydrogens (primary N) is 1. The zero-order valence-corrected chi connectivity index (χ0v) is 10.4. The summed E-state index contributed by atoms with van der Waals surface area (Å²) in [6, 6.07) is 0.210. The van der Waals surface area contributed by atoms with Crippen LogP contribution in [0.25, 0.3) is 0 Å². The fourth-order valence-corrected chi connectivity index (χ4v) is 3.04. The summed E-state index contributed by atoms with van der Waals surface area (Å²) in [4.78, 5) is 7.93. The van der Waals surface area contributed by atoms with Gasteiger partial charge in [-0.1, -0.05) is 0 Å². The van der Waals surface area contributed by atoms with E-state index in [4.69, 9.17) is 5.73 Å². The second-order valence-electron chi connectivity index (χ2n) is 5.68. The Morgan fingerprint density at radius 3 is 2.67 bits per heavy atom. The molecule has 0 aromatic carbocycles. The molecule has 1 atom stereocenters. The third-order valence-corrected chi connectivity index (χ3v) is 4.20. The number of hydrogen-bond acceptors (Lipinski definition) is 2. The van der Waals surface area contributed by atoms with E-state index in [1.54, 1.807) is 0 Å². The van der Waals surface area contributed by atoms with Crippen LogP contribution in [0.3, 0.4) is 0 Å². The first-order chi connectivity index (χ1) is 8.53. The average molecular weight is 255 g/mol. The van der Waals surface area contributed by atoms with Crippen molar-refractivity contribution in [1.29, 1.82) is 0 Å². The van der Waals surface area contributed by atoms with Crippen molar-refractivity contribution in [1.82, 2.24) is 9.97 Å². The zero-order chi connectivity index (χ0) is 12.8. The Morgan fingerprint density at radius 1 is 1.22 bits per heavy atom. The number of hydrogen-bond donors (Lipinski definition) is 2. The number of halogens is 2. The first kappa shape index (κ1) is 12.1. The van der Waals surface area contributed by atoms with Crippen LogP contribution >= 0.6 is 0 Å². The quantitative estimate of drug-likeness (QED) is 0.810. The number of fused-ring (bicyclic) bond motifs is 1. The zero-order valence-electron chi connectivity index (χ0n) is 10.4. The highest BCUT2D eigenvalue weighted by molar-refractivity contribution is 5.21. The second kappa shape index (κ2) is 4.30. The lowest BCUT2D eigenvalue weighted by Gasteiger charge is -2.26. The Balaban J connectivity index is 1.74. The number of aromatic nitrogens is 2.